The fraction of sp³-hybridized carbons (Fsp3) is 0.300. The summed E-state index contributed by atoms with van der Waals surface area (Å²) in [6.07, 6.45) is 1.95. The fourth-order valence-electron chi connectivity index (χ4n) is 1.16. The largest absolute Gasteiger partial charge is 0.478 e. The van der Waals surface area contributed by atoms with Crippen molar-refractivity contribution in [3.8, 4) is 0 Å². The molecule has 0 atom stereocenters. The van der Waals surface area contributed by atoms with Crippen molar-refractivity contribution in [1.82, 2.24) is 0 Å². The van der Waals surface area contributed by atoms with Gasteiger partial charge in [0.2, 0.25) is 0 Å². The van der Waals surface area contributed by atoms with E-state index >= 15 is 0 Å². The van der Waals surface area contributed by atoms with E-state index in [1.165, 1.54) is 0 Å². The van der Waals surface area contributed by atoms with Gasteiger partial charge in [0, 0.05) is 8.90 Å². The molecule has 1 aromatic carbocycles. The lowest BCUT2D eigenvalue weighted by Crippen LogP contribution is -2.01. The molecule has 0 bridgehead atoms. The summed E-state index contributed by atoms with van der Waals surface area (Å²) < 4.78 is 0.790. The predicted octanol–water partition coefficient (Wildman–Crippen LogP) is 3.32. The predicted molar refractivity (Wildman–Crippen MR) is 68.2 cm³/mol. The van der Waals surface area contributed by atoms with E-state index in [1.807, 2.05) is 34.7 Å². The molecular weight excluding hydrogens is 359 g/mol. The van der Waals surface area contributed by atoms with E-state index in [0.29, 0.717) is 5.56 Å². The molecule has 2 nitrogen and oxygen atoms in total. The van der Waals surface area contributed by atoms with Crippen LogP contribution >= 0.6 is 38.5 Å². The molecule has 0 fully saturated rings. The van der Waals surface area contributed by atoms with Crippen molar-refractivity contribution in [1.29, 1.82) is 0 Å². The monoisotopic (exact) mass is 368 g/mol. The quantitative estimate of drug-likeness (QED) is 0.653. The summed E-state index contributed by atoms with van der Waals surface area (Å²) in [4.78, 5) is 10.8. The highest BCUT2D eigenvalue weighted by Gasteiger charge is 2.08. The van der Waals surface area contributed by atoms with Crippen molar-refractivity contribution in [2.75, 3.05) is 5.33 Å². The molecule has 0 spiro atoms. The molecule has 0 amide bonds. The van der Waals surface area contributed by atoms with Crippen LogP contribution in [0.25, 0.3) is 0 Å². The number of rotatable bonds is 4. The summed E-state index contributed by atoms with van der Waals surface area (Å²) in [5, 5.41) is 9.85. The number of aryl methyl sites for hydroxylation is 1. The number of hydrogen-bond acceptors (Lipinski definition) is 1. The molecule has 1 aromatic rings. The second-order valence-corrected chi connectivity index (χ2v) is 4.87. The molecule has 0 aliphatic rings. The number of carboxylic acid groups (broad SMARTS) is 1. The van der Waals surface area contributed by atoms with Gasteiger partial charge in [-0.25, -0.2) is 4.79 Å². The summed E-state index contributed by atoms with van der Waals surface area (Å²) in [5.74, 6) is -0.852. The Morgan fingerprint density at radius 3 is 2.79 bits per heavy atom. The van der Waals surface area contributed by atoms with Crippen LogP contribution in [-0.2, 0) is 6.42 Å². The van der Waals surface area contributed by atoms with Gasteiger partial charge in [0.1, 0.15) is 0 Å². The molecule has 0 unspecified atom stereocenters. The van der Waals surface area contributed by atoms with Crippen LogP contribution in [0.4, 0.5) is 0 Å². The first-order chi connectivity index (χ1) is 6.65. The molecule has 4 heteroatoms. The van der Waals surface area contributed by atoms with Gasteiger partial charge in [-0.05, 0) is 53.1 Å². The van der Waals surface area contributed by atoms with E-state index < -0.39 is 5.97 Å². The molecule has 0 aliphatic carbocycles. The summed E-state index contributed by atoms with van der Waals surface area (Å²) in [5.41, 5.74) is 1.49. The third-order valence-corrected chi connectivity index (χ3v) is 3.36. The van der Waals surface area contributed by atoms with Crippen LogP contribution in [-0.4, -0.2) is 16.4 Å². The Hall–Kier alpha value is -0.100. The second-order valence-electron chi connectivity index (χ2n) is 2.91. The van der Waals surface area contributed by atoms with Gasteiger partial charge >= 0.3 is 5.97 Å². The Morgan fingerprint density at radius 1 is 1.50 bits per heavy atom. The topological polar surface area (TPSA) is 37.3 Å². The highest BCUT2D eigenvalue weighted by atomic mass is 127. The van der Waals surface area contributed by atoms with Crippen LogP contribution in [0.2, 0.25) is 0 Å². The van der Waals surface area contributed by atoms with Crippen molar-refractivity contribution in [2.24, 2.45) is 0 Å². The minimum absolute atomic E-state index is 0.401. The Morgan fingerprint density at radius 2 is 2.21 bits per heavy atom. The maximum Gasteiger partial charge on any atom is 0.336 e. The molecular formula is C10H10BrIO2. The summed E-state index contributed by atoms with van der Waals surface area (Å²) in [6.45, 7) is 0. The summed E-state index contributed by atoms with van der Waals surface area (Å²) >= 11 is 5.39. The van der Waals surface area contributed by atoms with Crippen molar-refractivity contribution in [3.05, 3.63) is 32.9 Å². The van der Waals surface area contributed by atoms with E-state index in [-0.39, 0.29) is 0 Å². The van der Waals surface area contributed by atoms with E-state index in [0.717, 1.165) is 27.3 Å². The van der Waals surface area contributed by atoms with Gasteiger partial charge < -0.3 is 5.11 Å². The van der Waals surface area contributed by atoms with E-state index in [1.54, 1.807) is 6.07 Å². The number of carbonyl (C=O) groups is 1. The van der Waals surface area contributed by atoms with Crippen LogP contribution in [0.5, 0.6) is 0 Å². The molecule has 0 saturated carbocycles. The van der Waals surface area contributed by atoms with E-state index in [9.17, 15) is 4.79 Å². The lowest BCUT2D eigenvalue weighted by molar-refractivity contribution is 0.0695. The Labute approximate surface area is 105 Å². The minimum Gasteiger partial charge on any atom is -0.478 e. The van der Waals surface area contributed by atoms with Crippen LogP contribution in [0.3, 0.4) is 0 Å². The smallest absolute Gasteiger partial charge is 0.336 e. The maximum atomic E-state index is 10.8. The van der Waals surface area contributed by atoms with Gasteiger partial charge in [-0.2, -0.15) is 0 Å². The normalized spacial score (nSPS) is 10.1. The molecule has 0 radical (unpaired) electrons. The minimum atomic E-state index is -0.852. The lowest BCUT2D eigenvalue weighted by Gasteiger charge is -2.03. The molecule has 0 aromatic heterocycles. The first-order valence-electron chi connectivity index (χ1n) is 4.23. The number of aromatic carboxylic acids is 1. The van der Waals surface area contributed by atoms with Gasteiger partial charge in [-0.1, -0.05) is 22.0 Å². The maximum absolute atomic E-state index is 10.8. The second kappa shape index (κ2) is 5.70. The Bertz CT molecular complexity index is 339. The highest BCUT2D eigenvalue weighted by Crippen LogP contribution is 2.15. The van der Waals surface area contributed by atoms with Gasteiger partial charge in [0.05, 0.1) is 5.56 Å². The van der Waals surface area contributed by atoms with Gasteiger partial charge in [-0.15, -0.1) is 0 Å². The zero-order valence-corrected chi connectivity index (χ0v) is 11.2. The average Bonchev–Trinajstić information content (AvgIpc) is 2.16. The standard InChI is InChI=1S/C10H10BrIO2/c11-5-1-2-7-3-4-9(12)8(6-7)10(13)14/h3-4,6H,1-2,5H2,(H,13,14). The molecule has 14 heavy (non-hydrogen) atoms. The lowest BCUT2D eigenvalue weighted by atomic mass is 10.1. The first-order valence-corrected chi connectivity index (χ1v) is 6.43. The number of alkyl halides is 1. The summed E-state index contributed by atoms with van der Waals surface area (Å²) in [7, 11) is 0. The average molecular weight is 369 g/mol. The number of carboxylic acids is 1. The van der Waals surface area contributed by atoms with Crippen LogP contribution in [0.1, 0.15) is 22.3 Å². The molecule has 1 N–H and O–H groups in total. The Kier molecular flexibility index (Phi) is 4.88. The number of hydrogen-bond donors (Lipinski definition) is 1. The summed E-state index contributed by atoms with van der Waals surface area (Å²) in [6, 6.07) is 5.59. The van der Waals surface area contributed by atoms with Gasteiger partial charge in [0.15, 0.2) is 0 Å². The van der Waals surface area contributed by atoms with Crippen LogP contribution in [0.15, 0.2) is 18.2 Å². The Balaban J connectivity index is 2.89. The van der Waals surface area contributed by atoms with Crippen molar-refractivity contribution in [3.63, 3.8) is 0 Å². The third-order valence-electron chi connectivity index (χ3n) is 1.86. The molecule has 0 aliphatic heterocycles. The van der Waals surface area contributed by atoms with E-state index in [4.69, 9.17) is 5.11 Å². The molecule has 0 saturated heterocycles. The van der Waals surface area contributed by atoms with E-state index in [2.05, 4.69) is 15.9 Å². The van der Waals surface area contributed by atoms with Crippen LogP contribution < -0.4 is 0 Å². The molecule has 76 valence electrons. The van der Waals surface area contributed by atoms with Crippen molar-refractivity contribution in [2.45, 2.75) is 12.8 Å². The van der Waals surface area contributed by atoms with Gasteiger partial charge in [0.25, 0.3) is 0 Å². The first kappa shape index (κ1) is 12.0. The number of benzene rings is 1. The van der Waals surface area contributed by atoms with Crippen molar-refractivity contribution >= 4 is 44.5 Å². The fourth-order valence-corrected chi connectivity index (χ4v) is 2.01. The molecule has 0 heterocycles. The zero-order chi connectivity index (χ0) is 10.6. The number of halogens is 2. The highest BCUT2D eigenvalue weighted by molar-refractivity contribution is 14.1. The zero-order valence-electron chi connectivity index (χ0n) is 7.46. The third kappa shape index (κ3) is 3.24. The van der Waals surface area contributed by atoms with Crippen LogP contribution in [0, 0.1) is 3.57 Å². The molecule has 1 rings (SSSR count). The van der Waals surface area contributed by atoms with Crippen molar-refractivity contribution < 1.29 is 9.90 Å². The van der Waals surface area contributed by atoms with Gasteiger partial charge in [-0.3, -0.25) is 0 Å². The SMILES string of the molecule is O=C(O)c1cc(CCCBr)ccc1I.